The molecule has 1 aromatic heterocycles. The van der Waals surface area contributed by atoms with Gasteiger partial charge in [-0.15, -0.1) is 10.2 Å². The van der Waals surface area contributed by atoms with Gasteiger partial charge in [-0.25, -0.2) is 8.78 Å². The van der Waals surface area contributed by atoms with Gasteiger partial charge in [-0.1, -0.05) is 23.9 Å². The lowest BCUT2D eigenvalue weighted by atomic mass is 10.2. The molecule has 1 atom stereocenters. The number of hydrogen-bond acceptors (Lipinski definition) is 6. The van der Waals surface area contributed by atoms with Gasteiger partial charge in [0.15, 0.2) is 18.2 Å². The molecule has 0 radical (unpaired) electrons. The van der Waals surface area contributed by atoms with Gasteiger partial charge in [-0.2, -0.15) is 0 Å². The van der Waals surface area contributed by atoms with Crippen molar-refractivity contribution < 1.29 is 22.7 Å². The molecule has 0 spiro atoms. The first-order chi connectivity index (χ1) is 13.4. The van der Waals surface area contributed by atoms with Crippen molar-refractivity contribution in [3.8, 4) is 5.75 Å². The zero-order valence-corrected chi connectivity index (χ0v) is 15.9. The van der Waals surface area contributed by atoms with Crippen molar-refractivity contribution in [2.45, 2.75) is 30.9 Å². The van der Waals surface area contributed by atoms with Crippen LogP contribution in [0.4, 0.5) is 14.5 Å². The fourth-order valence-corrected chi connectivity index (χ4v) is 2.92. The molecule has 6 nitrogen and oxygen atoms in total. The summed E-state index contributed by atoms with van der Waals surface area (Å²) in [6.45, 7) is 3.69. The first-order valence-corrected chi connectivity index (χ1v) is 9.23. The van der Waals surface area contributed by atoms with E-state index >= 15 is 0 Å². The largest absolute Gasteiger partial charge is 0.484 e. The number of nitrogens with zero attached hydrogens (tertiary/aromatic N) is 2. The summed E-state index contributed by atoms with van der Waals surface area (Å²) in [7, 11) is 0. The van der Waals surface area contributed by atoms with E-state index in [1.165, 1.54) is 6.07 Å². The molecule has 28 heavy (non-hydrogen) atoms. The Labute approximate surface area is 164 Å². The van der Waals surface area contributed by atoms with Crippen molar-refractivity contribution in [1.82, 2.24) is 10.2 Å². The Morgan fingerprint density at radius 3 is 2.79 bits per heavy atom. The minimum absolute atomic E-state index is 0.104. The zero-order chi connectivity index (χ0) is 20.1. The van der Waals surface area contributed by atoms with Crippen LogP contribution in [0.5, 0.6) is 5.75 Å². The third-order valence-electron chi connectivity index (χ3n) is 3.63. The minimum atomic E-state index is -1.03. The van der Waals surface area contributed by atoms with E-state index in [0.717, 1.165) is 29.5 Å². The van der Waals surface area contributed by atoms with Crippen LogP contribution in [0.15, 0.2) is 52.1 Å². The highest BCUT2D eigenvalue weighted by Gasteiger charge is 2.19. The molecular formula is C19H17F2N3O3S. The van der Waals surface area contributed by atoms with Gasteiger partial charge in [0.1, 0.15) is 5.75 Å². The molecule has 0 bridgehead atoms. The molecule has 0 saturated heterocycles. The molecule has 0 aliphatic heterocycles. The predicted molar refractivity (Wildman–Crippen MR) is 100 cm³/mol. The Balaban J connectivity index is 1.53. The van der Waals surface area contributed by atoms with Crippen LogP contribution in [0.25, 0.3) is 0 Å². The molecule has 0 fully saturated rings. The van der Waals surface area contributed by atoms with E-state index in [9.17, 15) is 13.6 Å². The highest BCUT2D eigenvalue weighted by Crippen LogP contribution is 2.24. The van der Waals surface area contributed by atoms with Crippen LogP contribution >= 0.6 is 11.8 Å². The van der Waals surface area contributed by atoms with E-state index in [4.69, 9.17) is 9.15 Å². The molecule has 9 heteroatoms. The summed E-state index contributed by atoms with van der Waals surface area (Å²) in [5.74, 6) is -1.46. The molecule has 3 rings (SSSR count). The van der Waals surface area contributed by atoms with Gasteiger partial charge in [-0.05, 0) is 43.7 Å². The van der Waals surface area contributed by atoms with Gasteiger partial charge >= 0.3 is 0 Å². The number of thioether (sulfide) groups is 1. The van der Waals surface area contributed by atoms with Crippen molar-refractivity contribution in [2.75, 3.05) is 5.32 Å². The van der Waals surface area contributed by atoms with E-state index in [1.54, 1.807) is 6.92 Å². The summed E-state index contributed by atoms with van der Waals surface area (Å²) in [4.78, 5) is 12.2. The van der Waals surface area contributed by atoms with Crippen LogP contribution in [0.2, 0.25) is 0 Å². The standard InChI is InChI=1S/C19H17F2N3O3S/c1-11-4-3-5-14(8-11)26-10-17-23-24-19(27-17)28-12(2)18(25)22-13-6-7-15(20)16(21)9-13/h3-9,12H,10H2,1-2H3,(H,22,25)/t12-/m0/s1. The highest BCUT2D eigenvalue weighted by atomic mass is 32.2. The van der Waals surface area contributed by atoms with Gasteiger partial charge in [0.05, 0.1) is 5.25 Å². The number of hydrogen-bond donors (Lipinski definition) is 1. The van der Waals surface area contributed by atoms with Crippen molar-refractivity contribution in [2.24, 2.45) is 0 Å². The number of anilines is 1. The summed E-state index contributed by atoms with van der Waals surface area (Å²) in [6.07, 6.45) is 0. The fourth-order valence-electron chi connectivity index (χ4n) is 2.22. The Morgan fingerprint density at radius 1 is 1.21 bits per heavy atom. The van der Waals surface area contributed by atoms with Crippen LogP contribution in [-0.4, -0.2) is 21.4 Å². The zero-order valence-electron chi connectivity index (χ0n) is 15.1. The number of benzene rings is 2. The molecule has 0 aliphatic carbocycles. The van der Waals surface area contributed by atoms with E-state index in [2.05, 4.69) is 15.5 Å². The average Bonchev–Trinajstić information content (AvgIpc) is 3.10. The lowest BCUT2D eigenvalue weighted by Crippen LogP contribution is -2.22. The van der Waals surface area contributed by atoms with Gasteiger partial charge < -0.3 is 14.5 Å². The van der Waals surface area contributed by atoms with Crippen LogP contribution < -0.4 is 10.1 Å². The monoisotopic (exact) mass is 405 g/mol. The Morgan fingerprint density at radius 2 is 2.04 bits per heavy atom. The number of aromatic nitrogens is 2. The molecule has 1 amide bonds. The van der Waals surface area contributed by atoms with Crippen LogP contribution in [0.3, 0.4) is 0 Å². The summed E-state index contributed by atoms with van der Waals surface area (Å²) in [5, 5.41) is 9.88. The lowest BCUT2D eigenvalue weighted by Gasteiger charge is -2.10. The van der Waals surface area contributed by atoms with Crippen molar-refractivity contribution in [3.63, 3.8) is 0 Å². The maximum atomic E-state index is 13.2. The molecule has 1 N–H and O–H groups in total. The van der Waals surface area contributed by atoms with E-state index < -0.39 is 22.8 Å². The maximum Gasteiger partial charge on any atom is 0.277 e. The molecule has 2 aromatic carbocycles. The van der Waals surface area contributed by atoms with Gasteiger partial charge in [0.2, 0.25) is 5.91 Å². The fraction of sp³-hybridized carbons (Fsp3) is 0.211. The molecule has 1 heterocycles. The Hall–Kier alpha value is -2.94. The van der Waals surface area contributed by atoms with Gasteiger partial charge in [-0.3, -0.25) is 4.79 Å². The molecule has 0 unspecified atom stereocenters. The second-order valence-electron chi connectivity index (χ2n) is 5.95. The number of aryl methyl sites for hydroxylation is 1. The highest BCUT2D eigenvalue weighted by molar-refractivity contribution is 8.00. The topological polar surface area (TPSA) is 77.2 Å². The van der Waals surface area contributed by atoms with Crippen LogP contribution in [-0.2, 0) is 11.4 Å². The maximum absolute atomic E-state index is 13.2. The van der Waals surface area contributed by atoms with Gasteiger partial charge in [0.25, 0.3) is 11.1 Å². The average molecular weight is 405 g/mol. The molecule has 0 saturated carbocycles. The number of amides is 1. The Kier molecular flexibility index (Phi) is 6.25. The first-order valence-electron chi connectivity index (χ1n) is 8.35. The summed E-state index contributed by atoms with van der Waals surface area (Å²) in [6, 6.07) is 10.7. The third-order valence-corrected chi connectivity index (χ3v) is 4.57. The van der Waals surface area contributed by atoms with Crippen molar-refractivity contribution >= 4 is 23.4 Å². The normalized spacial score (nSPS) is 11.9. The van der Waals surface area contributed by atoms with E-state index in [-0.39, 0.29) is 23.4 Å². The SMILES string of the molecule is Cc1cccc(OCc2nnc(S[C@@H](C)C(=O)Nc3ccc(F)c(F)c3)o2)c1. The van der Waals surface area contributed by atoms with Gasteiger partial charge in [0, 0.05) is 11.8 Å². The molecular weight excluding hydrogens is 388 g/mol. The number of carbonyl (C=O) groups excluding carboxylic acids is 1. The summed E-state index contributed by atoms with van der Waals surface area (Å²) >= 11 is 1.05. The molecule has 0 aliphatic rings. The number of halogens is 2. The minimum Gasteiger partial charge on any atom is -0.484 e. The second-order valence-corrected chi connectivity index (χ2v) is 7.24. The van der Waals surface area contributed by atoms with E-state index in [1.807, 2.05) is 31.2 Å². The van der Waals surface area contributed by atoms with Crippen molar-refractivity contribution in [1.29, 1.82) is 0 Å². The molecule has 3 aromatic rings. The Bertz CT molecular complexity index is 981. The van der Waals surface area contributed by atoms with Crippen LogP contribution in [0.1, 0.15) is 18.4 Å². The third kappa shape index (κ3) is 5.29. The van der Waals surface area contributed by atoms with Crippen LogP contribution in [0, 0.1) is 18.6 Å². The number of nitrogens with one attached hydrogen (secondary N) is 1. The predicted octanol–water partition coefficient (Wildman–Crippen LogP) is 4.35. The number of carbonyl (C=O) groups is 1. The summed E-state index contributed by atoms with van der Waals surface area (Å²) < 4.78 is 37.2. The summed E-state index contributed by atoms with van der Waals surface area (Å²) in [5.41, 5.74) is 1.23. The first kappa shape index (κ1) is 19.8. The number of rotatable bonds is 7. The smallest absolute Gasteiger partial charge is 0.277 e. The second kappa shape index (κ2) is 8.83. The quantitative estimate of drug-likeness (QED) is 0.589. The lowest BCUT2D eigenvalue weighted by molar-refractivity contribution is -0.115. The number of ether oxygens (including phenoxy) is 1. The van der Waals surface area contributed by atoms with E-state index in [0.29, 0.717) is 5.75 Å². The molecule has 146 valence electrons. The van der Waals surface area contributed by atoms with Crippen molar-refractivity contribution in [3.05, 3.63) is 65.6 Å².